The monoisotopic (exact) mass is 553 g/mol. The number of carbonyl (C=O) groups excluding carboxylic acids is 3. The summed E-state index contributed by atoms with van der Waals surface area (Å²) in [5.41, 5.74) is 2.93. The maximum absolute atomic E-state index is 13.1. The Bertz CT molecular complexity index is 1530. The minimum Gasteiger partial charge on any atom is -0.451 e. The standard InChI is InChI=1S/C26H20FN3O4S3/c1-15-13-35-25(29-15)36-14-19-18-4-2-3-5-20(18)34-22(19)23(31)28-10-11-30-24(32)21(37-26(30)33)12-16-6-8-17(27)9-7-16/h2-9,12-13H,10-11,14H2,1H3,(H,28,31)/b21-12+. The van der Waals surface area contributed by atoms with Gasteiger partial charge in [-0.2, -0.15) is 0 Å². The Kier molecular flexibility index (Phi) is 7.45. The third-order valence-corrected chi connectivity index (χ3v) is 8.58. The van der Waals surface area contributed by atoms with Crippen LogP contribution in [0.4, 0.5) is 9.18 Å². The molecule has 11 heteroatoms. The molecule has 0 aliphatic carbocycles. The van der Waals surface area contributed by atoms with Crippen molar-refractivity contribution in [2.24, 2.45) is 0 Å². The largest absolute Gasteiger partial charge is 0.451 e. The smallest absolute Gasteiger partial charge is 0.293 e. The number of fused-ring (bicyclic) bond motifs is 1. The number of amides is 3. The number of para-hydroxylation sites is 1. The number of nitrogens with one attached hydrogen (secondary N) is 1. The Hall–Kier alpha value is -3.41. The molecule has 1 aliphatic rings. The number of aryl methyl sites for hydroxylation is 1. The van der Waals surface area contributed by atoms with E-state index in [0.717, 1.165) is 37.6 Å². The van der Waals surface area contributed by atoms with Gasteiger partial charge in [-0.3, -0.25) is 19.3 Å². The van der Waals surface area contributed by atoms with Crippen molar-refractivity contribution in [3.63, 3.8) is 0 Å². The van der Waals surface area contributed by atoms with Gasteiger partial charge in [-0.25, -0.2) is 9.37 Å². The van der Waals surface area contributed by atoms with Gasteiger partial charge in [-0.05, 0) is 48.5 Å². The highest BCUT2D eigenvalue weighted by Crippen LogP contribution is 2.34. The molecule has 3 amide bonds. The van der Waals surface area contributed by atoms with Crippen molar-refractivity contribution in [2.45, 2.75) is 17.0 Å². The van der Waals surface area contributed by atoms with Crippen molar-refractivity contribution >= 4 is 69.0 Å². The highest BCUT2D eigenvalue weighted by atomic mass is 32.2. The number of rotatable bonds is 8. The van der Waals surface area contributed by atoms with Crippen LogP contribution in [0.2, 0.25) is 0 Å². The average molecular weight is 554 g/mol. The molecule has 0 bridgehead atoms. The molecule has 1 fully saturated rings. The third-order valence-electron chi connectivity index (χ3n) is 5.50. The minimum absolute atomic E-state index is 0.0138. The van der Waals surface area contributed by atoms with Crippen LogP contribution >= 0.6 is 34.9 Å². The summed E-state index contributed by atoms with van der Waals surface area (Å²) in [5.74, 6) is -0.550. The number of hydrogen-bond acceptors (Lipinski definition) is 8. The topological polar surface area (TPSA) is 92.5 Å². The molecule has 1 saturated heterocycles. The van der Waals surface area contributed by atoms with Gasteiger partial charge in [-0.1, -0.05) is 42.1 Å². The molecule has 3 heterocycles. The Morgan fingerprint density at radius 2 is 1.97 bits per heavy atom. The molecule has 0 unspecified atom stereocenters. The SMILES string of the molecule is Cc1csc(SCc2c(C(=O)NCCN3C(=O)S/C(=C/c4ccc(F)cc4)C3=O)oc3ccccc23)n1. The van der Waals surface area contributed by atoms with Gasteiger partial charge in [-0.15, -0.1) is 11.3 Å². The van der Waals surface area contributed by atoms with Gasteiger partial charge in [0.15, 0.2) is 5.76 Å². The van der Waals surface area contributed by atoms with E-state index < -0.39 is 17.1 Å². The first-order valence-corrected chi connectivity index (χ1v) is 13.9. The van der Waals surface area contributed by atoms with E-state index in [9.17, 15) is 18.8 Å². The molecule has 1 N–H and O–H groups in total. The summed E-state index contributed by atoms with van der Waals surface area (Å²) in [6, 6.07) is 13.1. The van der Waals surface area contributed by atoms with Crippen molar-refractivity contribution < 1.29 is 23.2 Å². The van der Waals surface area contributed by atoms with Crippen LogP contribution in [0.15, 0.2) is 67.6 Å². The molecule has 1 aliphatic heterocycles. The van der Waals surface area contributed by atoms with Crippen molar-refractivity contribution in [3.05, 3.63) is 87.2 Å². The lowest BCUT2D eigenvalue weighted by molar-refractivity contribution is -0.122. The van der Waals surface area contributed by atoms with Gasteiger partial charge in [0, 0.05) is 40.9 Å². The van der Waals surface area contributed by atoms with Crippen LogP contribution in [0.1, 0.15) is 27.4 Å². The number of furan rings is 1. The first-order chi connectivity index (χ1) is 17.9. The second-order valence-corrected chi connectivity index (χ2v) is 11.2. The number of benzene rings is 2. The van der Waals surface area contributed by atoms with Gasteiger partial charge in [0.2, 0.25) is 0 Å². The maximum atomic E-state index is 13.1. The highest BCUT2D eigenvalue weighted by Gasteiger charge is 2.34. The lowest BCUT2D eigenvalue weighted by Gasteiger charge is -2.12. The van der Waals surface area contributed by atoms with Crippen LogP contribution < -0.4 is 5.32 Å². The molecule has 0 atom stereocenters. The first kappa shape index (κ1) is 25.2. The van der Waals surface area contributed by atoms with Crippen molar-refractivity contribution in [2.75, 3.05) is 13.1 Å². The molecule has 2 aromatic heterocycles. The van der Waals surface area contributed by atoms with E-state index in [1.165, 1.54) is 36.0 Å². The van der Waals surface area contributed by atoms with E-state index in [-0.39, 0.29) is 29.6 Å². The summed E-state index contributed by atoms with van der Waals surface area (Å²) in [6.45, 7) is 2.01. The minimum atomic E-state index is -0.451. The van der Waals surface area contributed by atoms with Crippen LogP contribution in [-0.4, -0.2) is 40.0 Å². The molecule has 37 heavy (non-hydrogen) atoms. The lowest BCUT2D eigenvalue weighted by atomic mass is 10.1. The molecule has 0 radical (unpaired) electrons. The number of aromatic nitrogens is 1. The third kappa shape index (κ3) is 5.63. The fourth-order valence-electron chi connectivity index (χ4n) is 3.72. The number of carbonyl (C=O) groups is 3. The summed E-state index contributed by atoms with van der Waals surface area (Å²) in [5, 5.41) is 5.17. The van der Waals surface area contributed by atoms with E-state index in [0.29, 0.717) is 16.9 Å². The van der Waals surface area contributed by atoms with E-state index in [4.69, 9.17) is 4.42 Å². The fraction of sp³-hybridized carbons (Fsp3) is 0.154. The van der Waals surface area contributed by atoms with Gasteiger partial charge >= 0.3 is 0 Å². The van der Waals surface area contributed by atoms with Crippen molar-refractivity contribution in [1.82, 2.24) is 15.2 Å². The number of thiazole rings is 1. The van der Waals surface area contributed by atoms with E-state index in [1.54, 1.807) is 17.4 Å². The quantitative estimate of drug-likeness (QED) is 0.208. The number of thioether (sulfide) groups is 2. The molecule has 2 aromatic carbocycles. The molecule has 5 rings (SSSR count). The zero-order chi connectivity index (χ0) is 25.9. The number of halogens is 1. The van der Waals surface area contributed by atoms with Crippen LogP contribution in [0.3, 0.4) is 0 Å². The first-order valence-electron chi connectivity index (χ1n) is 11.2. The van der Waals surface area contributed by atoms with Gasteiger partial charge in [0.25, 0.3) is 17.1 Å². The average Bonchev–Trinajstić information content (AvgIpc) is 3.55. The molecule has 0 spiro atoms. The van der Waals surface area contributed by atoms with Crippen LogP contribution in [-0.2, 0) is 10.5 Å². The molecule has 188 valence electrons. The van der Waals surface area contributed by atoms with Gasteiger partial charge < -0.3 is 9.73 Å². The maximum Gasteiger partial charge on any atom is 0.293 e. The Labute approximate surface area is 224 Å². The second kappa shape index (κ2) is 10.9. The molecule has 0 saturated carbocycles. The van der Waals surface area contributed by atoms with Crippen LogP contribution in [0.25, 0.3) is 17.0 Å². The predicted molar refractivity (Wildman–Crippen MR) is 144 cm³/mol. The van der Waals surface area contributed by atoms with Crippen LogP contribution in [0.5, 0.6) is 0 Å². The van der Waals surface area contributed by atoms with E-state index >= 15 is 0 Å². The summed E-state index contributed by atoms with van der Waals surface area (Å²) < 4.78 is 19.9. The normalized spacial score (nSPS) is 14.8. The molecule has 4 aromatic rings. The summed E-state index contributed by atoms with van der Waals surface area (Å²) in [6.07, 6.45) is 1.55. The molecular formula is C26H20FN3O4S3. The number of nitrogens with zero attached hydrogens (tertiary/aromatic N) is 2. The van der Waals surface area contributed by atoms with Crippen molar-refractivity contribution in [1.29, 1.82) is 0 Å². The Morgan fingerprint density at radius 3 is 2.73 bits per heavy atom. The van der Waals surface area contributed by atoms with E-state index in [2.05, 4.69) is 10.3 Å². The predicted octanol–water partition coefficient (Wildman–Crippen LogP) is 6.10. The van der Waals surface area contributed by atoms with Gasteiger partial charge in [0.1, 0.15) is 15.7 Å². The summed E-state index contributed by atoms with van der Waals surface area (Å²) in [4.78, 5) is 44.0. The Morgan fingerprint density at radius 1 is 1.19 bits per heavy atom. The van der Waals surface area contributed by atoms with Gasteiger partial charge in [0.05, 0.1) is 4.91 Å². The highest BCUT2D eigenvalue weighted by molar-refractivity contribution is 8.18. The molecule has 7 nitrogen and oxygen atoms in total. The summed E-state index contributed by atoms with van der Waals surface area (Å²) in [7, 11) is 0. The summed E-state index contributed by atoms with van der Waals surface area (Å²) >= 11 is 3.89. The zero-order valence-corrected chi connectivity index (χ0v) is 22.0. The van der Waals surface area contributed by atoms with Crippen LogP contribution in [0, 0.1) is 12.7 Å². The van der Waals surface area contributed by atoms with E-state index in [1.807, 2.05) is 36.6 Å². The van der Waals surface area contributed by atoms with Crippen molar-refractivity contribution in [3.8, 4) is 0 Å². The second-order valence-electron chi connectivity index (χ2n) is 8.09. The number of hydrogen-bond donors (Lipinski definition) is 1. The zero-order valence-electron chi connectivity index (χ0n) is 19.5. The lowest BCUT2D eigenvalue weighted by Crippen LogP contribution is -2.37. The number of imide groups is 1. The Balaban J connectivity index is 1.25. The fourth-order valence-corrected chi connectivity index (χ4v) is 6.46. The molecular weight excluding hydrogens is 534 g/mol.